The Balaban J connectivity index is 2.39. The molecule has 3 N–H and O–H groups in total. The van der Waals surface area contributed by atoms with Crippen molar-refractivity contribution in [3.8, 4) is 0 Å². The molecule has 0 saturated carbocycles. The second kappa shape index (κ2) is 5.51. The highest BCUT2D eigenvalue weighted by Crippen LogP contribution is 2.27. The Morgan fingerprint density at radius 3 is 2.45 bits per heavy atom. The first-order chi connectivity index (χ1) is 9.41. The Kier molecular flexibility index (Phi) is 3.95. The molecular weight excluding hydrogens is 279 g/mol. The van der Waals surface area contributed by atoms with Gasteiger partial charge in [-0.05, 0) is 42.8 Å². The van der Waals surface area contributed by atoms with Crippen molar-refractivity contribution >= 4 is 23.2 Å². The highest BCUT2D eigenvalue weighted by atomic mass is 35.5. The van der Waals surface area contributed by atoms with Crippen LogP contribution in [0.2, 0.25) is 5.02 Å². The number of amides is 1. The van der Waals surface area contributed by atoms with E-state index in [0.29, 0.717) is 16.3 Å². The standard InChI is InChI=1S/C15H14ClFN2O/c1-15(14(18)20,10-5-7-12(17)8-6-10)19-13-4-2-3-11(16)9-13/h2-9,19H,1H3,(H2,18,20). The number of halogens is 2. The van der Waals surface area contributed by atoms with E-state index in [1.165, 1.54) is 24.3 Å². The first-order valence-corrected chi connectivity index (χ1v) is 6.39. The van der Waals surface area contributed by atoms with Crippen molar-refractivity contribution in [1.82, 2.24) is 0 Å². The van der Waals surface area contributed by atoms with Crippen molar-refractivity contribution in [2.24, 2.45) is 5.73 Å². The van der Waals surface area contributed by atoms with Crippen LogP contribution in [0.1, 0.15) is 12.5 Å². The monoisotopic (exact) mass is 292 g/mol. The van der Waals surface area contributed by atoms with E-state index in [9.17, 15) is 9.18 Å². The lowest BCUT2D eigenvalue weighted by Gasteiger charge is -2.29. The summed E-state index contributed by atoms with van der Waals surface area (Å²) < 4.78 is 13.0. The van der Waals surface area contributed by atoms with E-state index in [1.807, 2.05) is 0 Å². The number of nitrogens with two attached hydrogens (primary N) is 1. The fraction of sp³-hybridized carbons (Fsp3) is 0.133. The fourth-order valence-corrected chi connectivity index (χ4v) is 2.10. The summed E-state index contributed by atoms with van der Waals surface area (Å²) in [5.74, 6) is -0.938. The quantitative estimate of drug-likeness (QED) is 0.908. The molecule has 0 saturated heterocycles. The van der Waals surface area contributed by atoms with E-state index in [2.05, 4.69) is 5.32 Å². The molecule has 2 aromatic rings. The summed E-state index contributed by atoms with van der Waals surface area (Å²) in [6.45, 7) is 1.64. The average molecular weight is 293 g/mol. The van der Waals surface area contributed by atoms with Gasteiger partial charge in [-0.2, -0.15) is 0 Å². The van der Waals surface area contributed by atoms with Crippen LogP contribution in [-0.2, 0) is 10.3 Å². The number of primary amides is 1. The lowest BCUT2D eigenvalue weighted by Crippen LogP contribution is -2.45. The van der Waals surface area contributed by atoms with Gasteiger partial charge in [0.25, 0.3) is 0 Å². The van der Waals surface area contributed by atoms with E-state index >= 15 is 0 Å². The topological polar surface area (TPSA) is 55.1 Å². The van der Waals surface area contributed by atoms with E-state index < -0.39 is 11.4 Å². The Hall–Kier alpha value is -2.07. The van der Waals surface area contributed by atoms with Crippen molar-refractivity contribution in [3.05, 3.63) is 64.9 Å². The van der Waals surface area contributed by atoms with Gasteiger partial charge < -0.3 is 11.1 Å². The molecule has 2 aromatic carbocycles. The van der Waals surface area contributed by atoms with Gasteiger partial charge >= 0.3 is 0 Å². The minimum Gasteiger partial charge on any atom is -0.368 e. The minimum absolute atomic E-state index is 0.372. The van der Waals surface area contributed by atoms with Crippen molar-refractivity contribution in [2.45, 2.75) is 12.5 Å². The molecule has 1 unspecified atom stereocenters. The molecule has 0 bridgehead atoms. The summed E-state index contributed by atoms with van der Waals surface area (Å²) in [5.41, 5.74) is 5.58. The maximum absolute atomic E-state index is 13.0. The number of carbonyl (C=O) groups is 1. The normalized spacial score (nSPS) is 13.6. The maximum atomic E-state index is 13.0. The van der Waals surface area contributed by atoms with Gasteiger partial charge in [-0.25, -0.2) is 4.39 Å². The molecule has 1 amide bonds. The van der Waals surface area contributed by atoms with E-state index in [-0.39, 0.29) is 5.82 Å². The molecule has 1 atom stereocenters. The van der Waals surface area contributed by atoms with Gasteiger partial charge in [-0.3, -0.25) is 4.79 Å². The molecule has 104 valence electrons. The molecule has 2 rings (SSSR count). The Morgan fingerprint density at radius 2 is 1.90 bits per heavy atom. The van der Waals surface area contributed by atoms with Gasteiger partial charge in [-0.1, -0.05) is 29.8 Å². The third-order valence-corrected chi connectivity index (χ3v) is 3.37. The van der Waals surface area contributed by atoms with Crippen LogP contribution in [-0.4, -0.2) is 5.91 Å². The number of rotatable bonds is 4. The van der Waals surface area contributed by atoms with Crippen molar-refractivity contribution in [3.63, 3.8) is 0 Å². The Bertz CT molecular complexity index is 630. The second-order valence-electron chi connectivity index (χ2n) is 4.63. The Morgan fingerprint density at radius 1 is 1.25 bits per heavy atom. The van der Waals surface area contributed by atoms with Crippen molar-refractivity contribution in [2.75, 3.05) is 5.32 Å². The molecule has 0 spiro atoms. The van der Waals surface area contributed by atoms with Gasteiger partial charge in [0, 0.05) is 10.7 Å². The molecule has 3 nitrogen and oxygen atoms in total. The van der Waals surface area contributed by atoms with Gasteiger partial charge in [-0.15, -0.1) is 0 Å². The predicted molar refractivity (Wildman–Crippen MR) is 78.0 cm³/mol. The summed E-state index contributed by atoms with van der Waals surface area (Å²) in [4.78, 5) is 11.8. The largest absolute Gasteiger partial charge is 0.368 e. The lowest BCUT2D eigenvalue weighted by molar-refractivity contribution is -0.122. The van der Waals surface area contributed by atoms with Gasteiger partial charge in [0.2, 0.25) is 5.91 Å². The van der Waals surface area contributed by atoms with Gasteiger partial charge in [0.05, 0.1) is 0 Å². The molecule has 0 heterocycles. The smallest absolute Gasteiger partial charge is 0.247 e. The van der Waals surface area contributed by atoms with Gasteiger partial charge in [0.15, 0.2) is 0 Å². The molecule has 0 aromatic heterocycles. The number of carbonyl (C=O) groups excluding carboxylic acids is 1. The fourth-order valence-electron chi connectivity index (χ4n) is 1.91. The molecular formula is C15H14ClFN2O. The van der Waals surface area contributed by atoms with Crippen LogP contribution in [0.3, 0.4) is 0 Å². The van der Waals surface area contributed by atoms with E-state index in [0.717, 1.165) is 0 Å². The van der Waals surface area contributed by atoms with Crippen molar-refractivity contribution in [1.29, 1.82) is 0 Å². The molecule has 0 aliphatic heterocycles. The van der Waals surface area contributed by atoms with E-state index in [4.69, 9.17) is 17.3 Å². The van der Waals surface area contributed by atoms with Gasteiger partial charge in [0.1, 0.15) is 11.4 Å². The van der Waals surface area contributed by atoms with Crippen LogP contribution in [0.4, 0.5) is 10.1 Å². The van der Waals surface area contributed by atoms with Crippen molar-refractivity contribution < 1.29 is 9.18 Å². The molecule has 5 heteroatoms. The number of hydrogen-bond acceptors (Lipinski definition) is 2. The summed E-state index contributed by atoms with van der Waals surface area (Å²) in [6, 6.07) is 12.6. The van der Waals surface area contributed by atoms with Crippen LogP contribution in [0.25, 0.3) is 0 Å². The summed E-state index contributed by atoms with van der Waals surface area (Å²) >= 11 is 5.91. The summed E-state index contributed by atoms with van der Waals surface area (Å²) in [5, 5.41) is 3.59. The van der Waals surface area contributed by atoms with Crippen LogP contribution >= 0.6 is 11.6 Å². The number of nitrogens with one attached hydrogen (secondary N) is 1. The third kappa shape index (κ3) is 2.91. The second-order valence-corrected chi connectivity index (χ2v) is 5.07. The highest BCUT2D eigenvalue weighted by Gasteiger charge is 2.33. The first kappa shape index (κ1) is 14.3. The molecule has 0 aliphatic carbocycles. The first-order valence-electron chi connectivity index (χ1n) is 6.01. The summed E-state index contributed by atoms with van der Waals surface area (Å²) in [6.07, 6.45) is 0. The maximum Gasteiger partial charge on any atom is 0.247 e. The van der Waals surface area contributed by atoms with E-state index in [1.54, 1.807) is 31.2 Å². The molecule has 0 radical (unpaired) electrons. The highest BCUT2D eigenvalue weighted by molar-refractivity contribution is 6.30. The molecule has 0 aliphatic rings. The average Bonchev–Trinajstić information content (AvgIpc) is 2.39. The molecule has 0 fully saturated rings. The van der Waals surface area contributed by atoms with Crippen LogP contribution < -0.4 is 11.1 Å². The number of benzene rings is 2. The lowest BCUT2D eigenvalue weighted by atomic mass is 9.91. The van der Waals surface area contributed by atoms with Crippen LogP contribution in [0.5, 0.6) is 0 Å². The van der Waals surface area contributed by atoms with Crippen LogP contribution in [0, 0.1) is 5.82 Å². The zero-order valence-electron chi connectivity index (χ0n) is 10.9. The number of hydrogen-bond donors (Lipinski definition) is 2. The minimum atomic E-state index is -1.15. The third-order valence-electron chi connectivity index (χ3n) is 3.13. The zero-order valence-corrected chi connectivity index (χ0v) is 11.6. The predicted octanol–water partition coefficient (Wildman–Crippen LogP) is 3.29. The SMILES string of the molecule is CC(Nc1cccc(Cl)c1)(C(N)=O)c1ccc(F)cc1. The molecule has 20 heavy (non-hydrogen) atoms. The summed E-state index contributed by atoms with van der Waals surface area (Å²) in [7, 11) is 0. The van der Waals surface area contributed by atoms with Crippen LogP contribution in [0.15, 0.2) is 48.5 Å². The Labute approximate surface area is 121 Å². The zero-order chi connectivity index (χ0) is 14.8. The number of anilines is 1.